The van der Waals surface area contributed by atoms with Crippen molar-refractivity contribution < 1.29 is 27.2 Å². The molecule has 3 aliphatic rings. The largest absolute Gasteiger partial charge is 0.433 e. The number of nitrogens with zero attached hydrogens (tertiary/aromatic N) is 4. The maximum Gasteiger partial charge on any atom is 0.433 e. The zero-order valence-electron chi connectivity index (χ0n) is 20.3. The van der Waals surface area contributed by atoms with Crippen molar-refractivity contribution in [2.75, 3.05) is 31.1 Å². The van der Waals surface area contributed by atoms with Crippen LogP contribution >= 0.6 is 0 Å². The number of carbonyl (C=O) groups is 1. The molecular formula is C27H28F4N4O2. The van der Waals surface area contributed by atoms with E-state index in [-0.39, 0.29) is 17.5 Å². The number of aromatic nitrogens is 1. The van der Waals surface area contributed by atoms with Gasteiger partial charge in [0.15, 0.2) is 0 Å². The van der Waals surface area contributed by atoms with Crippen LogP contribution in [0.2, 0.25) is 0 Å². The standard InChI is InChI=1S/C27H28F4N4O2/c28-21-6-4-5-20(17-21)22-18-26(37-33-22)11-15-34(16-12-26)24(36)10-8-19-7-9-23(27(29,30)31)32-25(19)35-13-2-1-3-14-35/h4-10,17H,1-3,11-16,18H2/b10-8+. The van der Waals surface area contributed by atoms with Crippen molar-refractivity contribution in [3.8, 4) is 0 Å². The van der Waals surface area contributed by atoms with Crippen LogP contribution in [-0.4, -0.2) is 53.3 Å². The minimum Gasteiger partial charge on any atom is -0.388 e. The Bertz CT molecular complexity index is 1210. The average Bonchev–Trinajstić information content (AvgIpc) is 3.31. The van der Waals surface area contributed by atoms with E-state index in [4.69, 9.17) is 4.84 Å². The SMILES string of the molecule is O=C(/C=C/c1ccc(C(F)(F)F)nc1N1CCCCC1)N1CCC2(CC1)CC(c1cccc(F)c1)=NO2. The fourth-order valence-electron chi connectivity index (χ4n) is 5.12. The molecule has 196 valence electrons. The highest BCUT2D eigenvalue weighted by Crippen LogP contribution is 2.36. The zero-order valence-corrected chi connectivity index (χ0v) is 20.3. The molecule has 0 aliphatic carbocycles. The van der Waals surface area contributed by atoms with Crippen molar-refractivity contribution in [1.82, 2.24) is 9.88 Å². The van der Waals surface area contributed by atoms with Gasteiger partial charge in [0, 0.05) is 62.6 Å². The highest BCUT2D eigenvalue weighted by Gasteiger charge is 2.43. The van der Waals surface area contributed by atoms with E-state index in [9.17, 15) is 22.4 Å². The van der Waals surface area contributed by atoms with E-state index in [1.54, 1.807) is 23.1 Å². The normalized spacial score (nSPS) is 19.8. The lowest BCUT2D eigenvalue weighted by molar-refractivity contribution is -0.141. The van der Waals surface area contributed by atoms with E-state index in [1.807, 2.05) is 4.90 Å². The van der Waals surface area contributed by atoms with Crippen molar-refractivity contribution in [1.29, 1.82) is 0 Å². The molecule has 1 aromatic carbocycles. The van der Waals surface area contributed by atoms with Gasteiger partial charge < -0.3 is 14.6 Å². The van der Waals surface area contributed by atoms with E-state index in [0.717, 1.165) is 25.3 Å². The molecule has 6 nitrogen and oxygen atoms in total. The summed E-state index contributed by atoms with van der Waals surface area (Å²) in [6.07, 6.45) is 2.95. The molecule has 0 bridgehead atoms. The summed E-state index contributed by atoms with van der Waals surface area (Å²) in [5.74, 6) is -0.291. The number of rotatable bonds is 4. The molecule has 5 rings (SSSR count). The molecule has 0 atom stereocenters. The Morgan fingerprint density at radius 1 is 1.03 bits per heavy atom. The molecule has 2 fully saturated rings. The maximum atomic E-state index is 13.6. The molecule has 2 aromatic rings. The Kier molecular flexibility index (Phi) is 6.92. The van der Waals surface area contributed by atoms with Crippen molar-refractivity contribution in [2.45, 2.75) is 50.3 Å². The lowest BCUT2D eigenvalue weighted by Crippen LogP contribution is -2.46. The quantitative estimate of drug-likeness (QED) is 0.402. The molecular weight excluding hydrogens is 488 g/mol. The van der Waals surface area contributed by atoms with Crippen LogP contribution in [0.4, 0.5) is 23.4 Å². The molecule has 37 heavy (non-hydrogen) atoms. The summed E-state index contributed by atoms with van der Waals surface area (Å²) < 4.78 is 53.5. The zero-order chi connectivity index (χ0) is 26.0. The third-order valence-corrected chi connectivity index (χ3v) is 7.24. The Morgan fingerprint density at radius 3 is 2.49 bits per heavy atom. The Morgan fingerprint density at radius 2 is 1.78 bits per heavy atom. The first-order valence-electron chi connectivity index (χ1n) is 12.5. The van der Waals surface area contributed by atoms with Gasteiger partial charge in [-0.1, -0.05) is 17.3 Å². The molecule has 2 saturated heterocycles. The minimum atomic E-state index is -4.53. The second-order valence-electron chi connectivity index (χ2n) is 9.81. The van der Waals surface area contributed by atoms with Gasteiger partial charge in [-0.3, -0.25) is 4.79 Å². The molecule has 0 radical (unpaired) electrons. The monoisotopic (exact) mass is 516 g/mol. The highest BCUT2D eigenvalue weighted by molar-refractivity contribution is 6.01. The Hall–Kier alpha value is -3.43. The maximum absolute atomic E-state index is 13.6. The van der Waals surface area contributed by atoms with Crippen LogP contribution in [0.25, 0.3) is 6.08 Å². The van der Waals surface area contributed by atoms with Gasteiger partial charge >= 0.3 is 6.18 Å². The summed E-state index contributed by atoms with van der Waals surface area (Å²) in [6, 6.07) is 8.57. The van der Waals surface area contributed by atoms with E-state index in [1.165, 1.54) is 24.3 Å². The lowest BCUT2D eigenvalue weighted by Gasteiger charge is -2.36. The molecule has 1 spiro atoms. The number of alkyl halides is 3. The number of hydrogen-bond acceptors (Lipinski definition) is 5. The van der Waals surface area contributed by atoms with Crippen LogP contribution < -0.4 is 4.90 Å². The van der Waals surface area contributed by atoms with E-state index < -0.39 is 17.5 Å². The van der Waals surface area contributed by atoms with Crippen LogP contribution in [0.5, 0.6) is 0 Å². The van der Waals surface area contributed by atoms with Crippen molar-refractivity contribution in [3.63, 3.8) is 0 Å². The number of benzene rings is 1. The van der Waals surface area contributed by atoms with Crippen LogP contribution in [0.1, 0.15) is 55.3 Å². The summed E-state index contributed by atoms with van der Waals surface area (Å²) in [6.45, 7) is 2.19. The van der Waals surface area contributed by atoms with Crippen molar-refractivity contribution >= 4 is 23.5 Å². The number of pyridine rings is 1. The first kappa shape index (κ1) is 25.2. The van der Waals surface area contributed by atoms with Crippen LogP contribution in [0.15, 0.2) is 47.6 Å². The number of likely N-dealkylation sites (tertiary alicyclic amines) is 1. The van der Waals surface area contributed by atoms with Gasteiger partial charge in [-0.15, -0.1) is 0 Å². The van der Waals surface area contributed by atoms with Gasteiger partial charge in [-0.25, -0.2) is 9.37 Å². The number of halogens is 4. The van der Waals surface area contributed by atoms with Crippen molar-refractivity contribution in [3.05, 3.63) is 65.1 Å². The number of piperidine rings is 2. The number of hydrogen-bond donors (Lipinski definition) is 0. The smallest absolute Gasteiger partial charge is 0.388 e. The summed E-state index contributed by atoms with van der Waals surface area (Å²) in [5, 5.41) is 4.19. The van der Waals surface area contributed by atoms with Crippen LogP contribution in [-0.2, 0) is 15.8 Å². The number of anilines is 1. The molecule has 0 unspecified atom stereocenters. The molecule has 10 heteroatoms. The molecule has 1 aromatic heterocycles. The fraction of sp³-hybridized carbons (Fsp3) is 0.444. The topological polar surface area (TPSA) is 58.0 Å². The second kappa shape index (κ2) is 10.1. The van der Waals surface area contributed by atoms with E-state index in [2.05, 4.69) is 10.1 Å². The first-order chi connectivity index (χ1) is 17.7. The Balaban J connectivity index is 1.24. The van der Waals surface area contributed by atoms with Crippen LogP contribution in [0, 0.1) is 5.82 Å². The highest BCUT2D eigenvalue weighted by atomic mass is 19.4. The summed E-state index contributed by atoms with van der Waals surface area (Å²) >= 11 is 0. The lowest BCUT2D eigenvalue weighted by atomic mass is 9.85. The Labute approximate surface area is 212 Å². The third-order valence-electron chi connectivity index (χ3n) is 7.24. The third kappa shape index (κ3) is 5.62. The number of oxime groups is 1. The predicted molar refractivity (Wildman–Crippen MR) is 132 cm³/mol. The van der Waals surface area contributed by atoms with Gasteiger partial charge in [0.2, 0.25) is 5.91 Å². The summed E-state index contributed by atoms with van der Waals surface area (Å²) in [4.78, 5) is 26.2. The number of amides is 1. The molecule has 3 aliphatic heterocycles. The van der Waals surface area contributed by atoms with Crippen molar-refractivity contribution in [2.24, 2.45) is 5.16 Å². The van der Waals surface area contributed by atoms with Crippen LogP contribution in [0.3, 0.4) is 0 Å². The van der Waals surface area contributed by atoms with Gasteiger partial charge in [0.05, 0.1) is 5.71 Å². The molecule has 1 amide bonds. The molecule has 0 N–H and O–H groups in total. The molecule has 0 saturated carbocycles. The van der Waals surface area contributed by atoms with Gasteiger partial charge in [0.1, 0.15) is 22.9 Å². The van der Waals surface area contributed by atoms with E-state index >= 15 is 0 Å². The average molecular weight is 517 g/mol. The minimum absolute atomic E-state index is 0.219. The second-order valence-corrected chi connectivity index (χ2v) is 9.81. The molecule has 4 heterocycles. The summed E-state index contributed by atoms with van der Waals surface area (Å²) in [7, 11) is 0. The number of carbonyl (C=O) groups excluding carboxylic acids is 1. The predicted octanol–water partition coefficient (Wildman–Crippen LogP) is 5.43. The summed E-state index contributed by atoms with van der Waals surface area (Å²) in [5.41, 5.74) is 0.423. The van der Waals surface area contributed by atoms with Gasteiger partial charge in [0.25, 0.3) is 0 Å². The van der Waals surface area contributed by atoms with E-state index in [0.29, 0.717) is 62.3 Å². The van der Waals surface area contributed by atoms with Gasteiger partial charge in [-0.05, 0) is 49.6 Å². The first-order valence-corrected chi connectivity index (χ1v) is 12.5. The fourth-order valence-corrected chi connectivity index (χ4v) is 5.12. The van der Waals surface area contributed by atoms with Gasteiger partial charge in [-0.2, -0.15) is 13.2 Å².